The molecule has 0 fully saturated rings. The molecule has 0 spiro atoms. The number of aryl methyl sites for hydroxylation is 1. The summed E-state index contributed by atoms with van der Waals surface area (Å²) in [6.07, 6.45) is 1.98. The van der Waals surface area contributed by atoms with Gasteiger partial charge in [-0.05, 0) is 43.0 Å². The predicted molar refractivity (Wildman–Crippen MR) is 113 cm³/mol. The molecule has 2 aromatic carbocycles. The molecule has 0 saturated heterocycles. The molecular formula is C20H19N3O2S2. The summed E-state index contributed by atoms with van der Waals surface area (Å²) in [4.78, 5) is 29.2. The van der Waals surface area contributed by atoms with Crippen LogP contribution in [0.2, 0.25) is 0 Å². The summed E-state index contributed by atoms with van der Waals surface area (Å²) < 4.78 is 0. The first kappa shape index (κ1) is 19.1. The van der Waals surface area contributed by atoms with Crippen LogP contribution in [0.4, 0.5) is 10.8 Å². The van der Waals surface area contributed by atoms with Gasteiger partial charge >= 0.3 is 0 Å². The Bertz CT molecular complexity index is 981. The van der Waals surface area contributed by atoms with Crippen LogP contribution in [0.25, 0.3) is 11.3 Å². The second-order valence-corrected chi connectivity index (χ2v) is 7.67. The highest BCUT2D eigenvalue weighted by atomic mass is 32.2. The maximum atomic E-state index is 12.6. The van der Waals surface area contributed by atoms with Gasteiger partial charge in [-0.3, -0.25) is 14.9 Å². The van der Waals surface area contributed by atoms with Crippen molar-refractivity contribution in [1.82, 2.24) is 4.98 Å². The zero-order valence-corrected chi connectivity index (χ0v) is 16.8. The van der Waals surface area contributed by atoms with Crippen LogP contribution in [0.1, 0.15) is 22.8 Å². The van der Waals surface area contributed by atoms with Gasteiger partial charge < -0.3 is 5.32 Å². The van der Waals surface area contributed by atoms with E-state index in [9.17, 15) is 9.59 Å². The Hall–Kier alpha value is -2.64. The van der Waals surface area contributed by atoms with Crippen molar-refractivity contribution in [3.8, 4) is 11.3 Å². The molecule has 1 aromatic heterocycles. The van der Waals surface area contributed by atoms with Crippen LogP contribution in [-0.4, -0.2) is 23.1 Å². The van der Waals surface area contributed by atoms with Gasteiger partial charge in [-0.25, -0.2) is 4.98 Å². The van der Waals surface area contributed by atoms with E-state index >= 15 is 0 Å². The quantitative estimate of drug-likeness (QED) is 0.591. The molecule has 27 heavy (non-hydrogen) atoms. The average Bonchev–Trinajstić information content (AvgIpc) is 3.10. The Morgan fingerprint density at radius 1 is 1.07 bits per heavy atom. The third kappa shape index (κ3) is 4.75. The third-order valence-corrected chi connectivity index (χ3v) is 5.40. The van der Waals surface area contributed by atoms with Crippen LogP contribution >= 0.6 is 23.1 Å². The van der Waals surface area contributed by atoms with Crippen LogP contribution in [0, 0.1) is 6.92 Å². The molecule has 0 aliphatic heterocycles. The molecule has 2 N–H and O–H groups in total. The van der Waals surface area contributed by atoms with E-state index in [1.54, 1.807) is 11.8 Å². The fourth-order valence-electron chi connectivity index (χ4n) is 2.53. The third-order valence-electron chi connectivity index (χ3n) is 3.92. The Labute approximate surface area is 166 Å². The first-order valence-corrected chi connectivity index (χ1v) is 10.4. The number of anilines is 2. The van der Waals surface area contributed by atoms with E-state index in [0.717, 1.165) is 27.4 Å². The number of rotatable bonds is 5. The van der Waals surface area contributed by atoms with Gasteiger partial charge in [0.15, 0.2) is 5.13 Å². The van der Waals surface area contributed by atoms with E-state index in [1.807, 2.05) is 61.0 Å². The van der Waals surface area contributed by atoms with Crippen molar-refractivity contribution < 1.29 is 9.59 Å². The van der Waals surface area contributed by atoms with Crippen molar-refractivity contribution in [3.63, 3.8) is 0 Å². The number of amides is 2. The molecule has 0 unspecified atom stereocenters. The maximum Gasteiger partial charge on any atom is 0.257 e. The SMILES string of the molecule is CSc1ccc(C)c(C(=O)Nc2nc(-c3ccc(NC(C)=O)cc3)cs2)c1. The van der Waals surface area contributed by atoms with Gasteiger partial charge in [0, 0.05) is 34.0 Å². The molecule has 0 aliphatic carbocycles. The summed E-state index contributed by atoms with van der Waals surface area (Å²) in [6, 6.07) is 13.3. The Morgan fingerprint density at radius 2 is 1.81 bits per heavy atom. The van der Waals surface area contributed by atoms with Crippen molar-refractivity contribution in [2.45, 2.75) is 18.7 Å². The predicted octanol–water partition coefficient (Wildman–Crippen LogP) is 5.05. The zero-order chi connectivity index (χ0) is 19.4. The molecule has 0 radical (unpaired) electrons. The minimum absolute atomic E-state index is 0.109. The van der Waals surface area contributed by atoms with Gasteiger partial charge in [0.05, 0.1) is 5.69 Å². The number of benzene rings is 2. The van der Waals surface area contributed by atoms with E-state index in [1.165, 1.54) is 18.3 Å². The van der Waals surface area contributed by atoms with Crippen molar-refractivity contribution in [2.75, 3.05) is 16.9 Å². The van der Waals surface area contributed by atoms with Gasteiger partial charge in [0.1, 0.15) is 0 Å². The number of carbonyl (C=O) groups is 2. The summed E-state index contributed by atoms with van der Waals surface area (Å²) >= 11 is 2.98. The highest BCUT2D eigenvalue weighted by Crippen LogP contribution is 2.27. The van der Waals surface area contributed by atoms with Crippen LogP contribution < -0.4 is 10.6 Å². The zero-order valence-electron chi connectivity index (χ0n) is 15.2. The number of aromatic nitrogens is 1. The molecule has 3 rings (SSSR count). The second-order valence-electron chi connectivity index (χ2n) is 5.93. The Morgan fingerprint density at radius 3 is 2.48 bits per heavy atom. The summed E-state index contributed by atoms with van der Waals surface area (Å²) in [5, 5.41) is 8.06. The number of thioether (sulfide) groups is 1. The molecule has 2 amide bonds. The van der Waals surface area contributed by atoms with Gasteiger partial charge in [-0.15, -0.1) is 23.1 Å². The van der Waals surface area contributed by atoms with E-state index in [-0.39, 0.29) is 11.8 Å². The molecule has 138 valence electrons. The number of hydrogen-bond donors (Lipinski definition) is 2. The van der Waals surface area contributed by atoms with Gasteiger partial charge in [-0.1, -0.05) is 18.2 Å². The lowest BCUT2D eigenvalue weighted by Gasteiger charge is -2.07. The number of carbonyl (C=O) groups excluding carboxylic acids is 2. The first-order chi connectivity index (χ1) is 13.0. The Kier molecular flexibility index (Phi) is 5.93. The number of nitrogens with zero attached hydrogens (tertiary/aromatic N) is 1. The van der Waals surface area contributed by atoms with Crippen LogP contribution in [0.15, 0.2) is 52.7 Å². The lowest BCUT2D eigenvalue weighted by atomic mass is 10.1. The van der Waals surface area contributed by atoms with Crippen molar-refractivity contribution in [1.29, 1.82) is 0 Å². The van der Waals surface area contributed by atoms with E-state index in [0.29, 0.717) is 10.7 Å². The molecule has 5 nitrogen and oxygen atoms in total. The largest absolute Gasteiger partial charge is 0.326 e. The normalized spacial score (nSPS) is 10.5. The molecule has 0 bridgehead atoms. The monoisotopic (exact) mass is 397 g/mol. The van der Waals surface area contributed by atoms with E-state index < -0.39 is 0 Å². The number of thiazole rings is 1. The smallest absolute Gasteiger partial charge is 0.257 e. The van der Waals surface area contributed by atoms with Crippen molar-refractivity contribution >= 4 is 45.7 Å². The summed E-state index contributed by atoms with van der Waals surface area (Å²) in [6.45, 7) is 3.39. The van der Waals surface area contributed by atoms with Crippen LogP contribution in [0.5, 0.6) is 0 Å². The molecule has 0 saturated carbocycles. The van der Waals surface area contributed by atoms with Crippen molar-refractivity contribution in [2.24, 2.45) is 0 Å². The average molecular weight is 398 g/mol. The highest BCUT2D eigenvalue weighted by molar-refractivity contribution is 7.98. The maximum absolute atomic E-state index is 12.6. The molecular weight excluding hydrogens is 378 g/mol. The number of hydrogen-bond acceptors (Lipinski definition) is 5. The lowest BCUT2D eigenvalue weighted by molar-refractivity contribution is -0.114. The summed E-state index contributed by atoms with van der Waals surface area (Å²) in [5.41, 5.74) is 4.01. The standard InChI is InChI=1S/C20H19N3O2S2/c1-12-4-9-16(26-3)10-17(12)19(25)23-20-22-18(11-27-20)14-5-7-15(8-6-14)21-13(2)24/h4-11H,1-3H3,(H,21,24)(H,22,23,25). The van der Waals surface area contributed by atoms with E-state index in [4.69, 9.17) is 0 Å². The van der Waals surface area contributed by atoms with Crippen LogP contribution in [-0.2, 0) is 4.79 Å². The van der Waals surface area contributed by atoms with Crippen molar-refractivity contribution in [3.05, 3.63) is 59.0 Å². The molecule has 1 heterocycles. The Balaban J connectivity index is 1.74. The molecule has 0 aliphatic rings. The molecule has 7 heteroatoms. The van der Waals surface area contributed by atoms with Gasteiger partial charge in [0.2, 0.25) is 5.91 Å². The lowest BCUT2D eigenvalue weighted by Crippen LogP contribution is -2.13. The minimum atomic E-state index is -0.162. The fraction of sp³-hybridized carbons (Fsp3) is 0.150. The first-order valence-electron chi connectivity index (χ1n) is 8.26. The fourth-order valence-corrected chi connectivity index (χ4v) is 3.68. The minimum Gasteiger partial charge on any atom is -0.326 e. The molecule has 3 aromatic rings. The molecule has 0 atom stereocenters. The van der Waals surface area contributed by atoms with Gasteiger partial charge in [0.25, 0.3) is 5.91 Å². The second kappa shape index (κ2) is 8.37. The van der Waals surface area contributed by atoms with Gasteiger partial charge in [-0.2, -0.15) is 0 Å². The van der Waals surface area contributed by atoms with Crippen LogP contribution in [0.3, 0.4) is 0 Å². The summed E-state index contributed by atoms with van der Waals surface area (Å²) in [7, 11) is 0. The summed E-state index contributed by atoms with van der Waals surface area (Å²) in [5.74, 6) is -0.271. The number of nitrogens with one attached hydrogen (secondary N) is 2. The van der Waals surface area contributed by atoms with E-state index in [2.05, 4.69) is 15.6 Å². The topological polar surface area (TPSA) is 71.1 Å². The highest BCUT2D eigenvalue weighted by Gasteiger charge is 2.13.